The minimum Gasteiger partial charge on any atom is -0.208 e. The van der Waals surface area contributed by atoms with E-state index in [2.05, 4.69) is 28.6 Å². The number of halogens is 1. The number of hydrogen-bond donors (Lipinski definition) is 1. The molecule has 0 aromatic carbocycles. The Morgan fingerprint density at radius 3 is 2.75 bits per heavy atom. The molecule has 0 aliphatic carbocycles. The van der Waals surface area contributed by atoms with Gasteiger partial charge in [0.25, 0.3) is 0 Å². The molecule has 62 valence electrons. The van der Waals surface area contributed by atoms with Gasteiger partial charge >= 0.3 is 0 Å². The van der Waals surface area contributed by atoms with Crippen molar-refractivity contribution in [2.45, 2.75) is 0 Å². The summed E-state index contributed by atoms with van der Waals surface area (Å²) in [7, 11) is 0. The van der Waals surface area contributed by atoms with Crippen LogP contribution in [0.5, 0.6) is 0 Å². The zero-order valence-electron chi connectivity index (χ0n) is 6.42. The minimum atomic E-state index is -0.514. The largest absolute Gasteiger partial charge is 0.208 e. The van der Waals surface area contributed by atoms with Crippen molar-refractivity contribution in [2.75, 3.05) is 0 Å². The quantitative estimate of drug-likeness (QED) is 0.694. The topological polar surface area (TPSA) is 41.6 Å². The number of aromatic amines is 1. The van der Waals surface area contributed by atoms with E-state index < -0.39 is 5.83 Å². The van der Waals surface area contributed by atoms with E-state index in [4.69, 9.17) is 0 Å². The molecule has 0 aliphatic heterocycles. The smallest absolute Gasteiger partial charge is 0.116 e. The molecule has 0 fully saturated rings. The van der Waals surface area contributed by atoms with Crippen molar-refractivity contribution < 1.29 is 4.39 Å². The van der Waals surface area contributed by atoms with Crippen LogP contribution in [0.4, 0.5) is 4.39 Å². The molecule has 0 bridgehead atoms. The Kier molecular flexibility index (Phi) is 2.53. The zero-order valence-corrected chi connectivity index (χ0v) is 6.42. The maximum atomic E-state index is 12.1. The van der Waals surface area contributed by atoms with Crippen LogP contribution in [0.1, 0.15) is 5.69 Å². The highest BCUT2D eigenvalue weighted by atomic mass is 19.1. The van der Waals surface area contributed by atoms with Gasteiger partial charge in [-0.1, -0.05) is 19.2 Å². The zero-order chi connectivity index (χ0) is 8.97. The van der Waals surface area contributed by atoms with Gasteiger partial charge in [-0.25, -0.2) is 4.39 Å². The van der Waals surface area contributed by atoms with Crippen LogP contribution in [0, 0.1) is 0 Å². The molecule has 1 heterocycles. The Morgan fingerprint density at radius 1 is 1.50 bits per heavy atom. The van der Waals surface area contributed by atoms with Gasteiger partial charge in [-0.3, -0.25) is 0 Å². The molecule has 12 heavy (non-hydrogen) atoms. The Morgan fingerprint density at radius 2 is 2.25 bits per heavy atom. The van der Waals surface area contributed by atoms with Gasteiger partial charge in [0.2, 0.25) is 0 Å². The van der Waals surface area contributed by atoms with Gasteiger partial charge in [-0.15, -0.1) is 0 Å². The minimum absolute atomic E-state index is 0.514. The number of nitrogens with one attached hydrogen (secondary N) is 1. The van der Waals surface area contributed by atoms with E-state index in [9.17, 15) is 4.39 Å². The van der Waals surface area contributed by atoms with Crippen LogP contribution in [0.25, 0.3) is 5.57 Å². The number of aromatic nitrogens is 3. The molecule has 0 radical (unpaired) electrons. The fraction of sp³-hybridized carbons (Fsp3) is 0. The summed E-state index contributed by atoms with van der Waals surface area (Å²) in [6.45, 7) is 6.72. The monoisotopic (exact) mass is 165 g/mol. The molecule has 0 saturated heterocycles. The molecule has 1 rings (SSSR count). The molecule has 4 heteroatoms. The standard InChI is InChI=1S/C8H8FN3/c1-6(3-4-7(2)9)8-5-10-12-11-8/h3-5H,1-2H2,(H,10,11,12)/b4-3-. The van der Waals surface area contributed by atoms with Crippen LogP contribution in [-0.2, 0) is 0 Å². The molecule has 0 atom stereocenters. The highest BCUT2D eigenvalue weighted by Crippen LogP contribution is 2.09. The number of H-pyrrole nitrogens is 1. The lowest BCUT2D eigenvalue weighted by Gasteiger charge is -1.89. The third kappa shape index (κ3) is 2.16. The maximum absolute atomic E-state index is 12.1. The lowest BCUT2D eigenvalue weighted by atomic mass is 10.2. The van der Waals surface area contributed by atoms with E-state index in [0.29, 0.717) is 11.3 Å². The third-order valence-electron chi connectivity index (χ3n) is 1.21. The molecule has 3 nitrogen and oxygen atoms in total. The maximum Gasteiger partial charge on any atom is 0.116 e. The number of allylic oxidation sites excluding steroid dienone is 4. The van der Waals surface area contributed by atoms with Crippen LogP contribution in [0.2, 0.25) is 0 Å². The molecular weight excluding hydrogens is 157 g/mol. The van der Waals surface area contributed by atoms with Crippen molar-refractivity contribution in [3.8, 4) is 0 Å². The molecule has 0 spiro atoms. The predicted molar refractivity (Wildman–Crippen MR) is 44.8 cm³/mol. The fourth-order valence-corrected chi connectivity index (χ4v) is 0.633. The summed E-state index contributed by atoms with van der Waals surface area (Å²) in [6, 6.07) is 0. The average Bonchev–Trinajstić information content (AvgIpc) is 2.51. The van der Waals surface area contributed by atoms with Crippen molar-refractivity contribution in [3.05, 3.63) is 43.0 Å². The lowest BCUT2D eigenvalue weighted by Crippen LogP contribution is -1.78. The summed E-state index contributed by atoms with van der Waals surface area (Å²) < 4.78 is 12.1. The van der Waals surface area contributed by atoms with Crippen molar-refractivity contribution in [1.82, 2.24) is 15.4 Å². The van der Waals surface area contributed by atoms with Crippen LogP contribution >= 0.6 is 0 Å². The van der Waals surface area contributed by atoms with Crippen molar-refractivity contribution >= 4 is 5.57 Å². The van der Waals surface area contributed by atoms with Crippen LogP contribution in [0.3, 0.4) is 0 Å². The molecule has 0 unspecified atom stereocenters. The Hall–Kier alpha value is -1.71. The van der Waals surface area contributed by atoms with Gasteiger partial charge in [0.1, 0.15) is 11.5 Å². The van der Waals surface area contributed by atoms with Crippen LogP contribution in [-0.4, -0.2) is 15.4 Å². The summed E-state index contributed by atoms with van der Waals surface area (Å²) >= 11 is 0. The number of rotatable bonds is 3. The van der Waals surface area contributed by atoms with Gasteiger partial charge in [0, 0.05) is 0 Å². The summed E-state index contributed by atoms with van der Waals surface area (Å²) in [5.74, 6) is -0.514. The van der Waals surface area contributed by atoms with Gasteiger partial charge in [-0.05, 0) is 11.6 Å². The van der Waals surface area contributed by atoms with Crippen LogP contribution in [0.15, 0.2) is 37.3 Å². The second-order valence-electron chi connectivity index (χ2n) is 2.16. The first-order valence-corrected chi connectivity index (χ1v) is 3.27. The molecule has 0 aliphatic rings. The number of nitrogens with zero attached hydrogens (tertiary/aromatic N) is 2. The Balaban J connectivity index is 2.68. The summed E-state index contributed by atoms with van der Waals surface area (Å²) in [5.41, 5.74) is 1.18. The Bertz CT molecular complexity index is 311. The fourth-order valence-electron chi connectivity index (χ4n) is 0.633. The van der Waals surface area contributed by atoms with Gasteiger partial charge in [0.05, 0.1) is 6.20 Å². The molecular formula is C8H8FN3. The van der Waals surface area contributed by atoms with E-state index in [1.807, 2.05) is 0 Å². The van der Waals surface area contributed by atoms with E-state index in [-0.39, 0.29) is 0 Å². The van der Waals surface area contributed by atoms with E-state index in [1.165, 1.54) is 18.3 Å². The van der Waals surface area contributed by atoms with Crippen molar-refractivity contribution in [3.63, 3.8) is 0 Å². The molecule has 1 aromatic rings. The van der Waals surface area contributed by atoms with Gasteiger partial charge in [0.15, 0.2) is 0 Å². The Labute approximate surface area is 69.3 Å². The first-order chi connectivity index (χ1) is 5.70. The first-order valence-electron chi connectivity index (χ1n) is 3.27. The van der Waals surface area contributed by atoms with Gasteiger partial charge < -0.3 is 0 Å². The van der Waals surface area contributed by atoms with E-state index in [0.717, 1.165) is 0 Å². The third-order valence-corrected chi connectivity index (χ3v) is 1.21. The highest BCUT2D eigenvalue weighted by Gasteiger charge is 1.96. The molecule has 1 aromatic heterocycles. The number of hydrogen-bond acceptors (Lipinski definition) is 2. The highest BCUT2D eigenvalue weighted by molar-refractivity contribution is 5.69. The average molecular weight is 165 g/mol. The van der Waals surface area contributed by atoms with E-state index >= 15 is 0 Å². The van der Waals surface area contributed by atoms with Gasteiger partial charge in [-0.2, -0.15) is 15.4 Å². The molecule has 0 saturated carbocycles. The normalized spacial score (nSPS) is 10.4. The molecule has 1 N–H and O–H groups in total. The van der Waals surface area contributed by atoms with E-state index in [1.54, 1.807) is 0 Å². The first kappa shape index (κ1) is 8.39. The molecule has 0 amide bonds. The summed E-state index contributed by atoms with van der Waals surface area (Å²) in [4.78, 5) is 0. The lowest BCUT2D eigenvalue weighted by molar-refractivity contribution is 0.671. The summed E-state index contributed by atoms with van der Waals surface area (Å²) in [5, 5.41) is 9.77. The predicted octanol–water partition coefficient (Wildman–Crippen LogP) is 1.86. The second kappa shape index (κ2) is 3.61. The van der Waals surface area contributed by atoms with Crippen molar-refractivity contribution in [2.24, 2.45) is 0 Å². The van der Waals surface area contributed by atoms with Crippen molar-refractivity contribution in [1.29, 1.82) is 0 Å². The van der Waals surface area contributed by atoms with Crippen LogP contribution < -0.4 is 0 Å². The summed E-state index contributed by atoms with van der Waals surface area (Å²) in [6.07, 6.45) is 4.21. The second-order valence-corrected chi connectivity index (χ2v) is 2.16. The SMILES string of the molecule is C=C(F)/C=C\C(=C)c1cn[nH]n1.